The van der Waals surface area contributed by atoms with Crippen LogP contribution in [0.3, 0.4) is 0 Å². The third kappa shape index (κ3) is 14.4. The van der Waals surface area contributed by atoms with Gasteiger partial charge in [0.25, 0.3) is 0 Å². The van der Waals surface area contributed by atoms with Crippen LogP contribution >= 0.6 is 108 Å². The molecule has 3 rings (SSSR count). The molecule has 3 aromatic rings. The van der Waals surface area contributed by atoms with Crippen LogP contribution in [0.15, 0.2) is 41.4 Å². The Hall–Kier alpha value is 0.190. The monoisotopic (exact) mass is 761 g/mol. The summed E-state index contributed by atoms with van der Waals surface area (Å²) >= 11 is 38.2. The van der Waals surface area contributed by atoms with E-state index in [4.69, 9.17) is 69.6 Å². The molecule has 0 N–H and O–H groups in total. The summed E-state index contributed by atoms with van der Waals surface area (Å²) in [6, 6.07) is 4.29. The molecule has 0 fully saturated rings. The zero-order valence-electron chi connectivity index (χ0n) is 14.0. The number of halogens is 11. The fraction of sp³-hybridized carbons (Fsp3) is 0.211. The highest BCUT2D eigenvalue weighted by atomic mass is 127. The average molecular weight is 765 g/mol. The van der Waals surface area contributed by atoms with Crippen molar-refractivity contribution in [3.8, 4) is 0 Å². The Balaban J connectivity index is -0.000000396. The Morgan fingerprint density at radius 1 is 0.667 bits per heavy atom. The summed E-state index contributed by atoms with van der Waals surface area (Å²) in [7, 11) is 0. The lowest BCUT2D eigenvalue weighted by Gasteiger charge is -2.06. The van der Waals surface area contributed by atoms with Crippen LogP contribution in [-0.2, 0) is 6.18 Å². The van der Waals surface area contributed by atoms with Crippen LogP contribution < -0.4 is 0 Å². The molecule has 0 amide bonds. The third-order valence-electron chi connectivity index (χ3n) is 2.60. The first kappa shape index (κ1) is 37.7. The van der Waals surface area contributed by atoms with E-state index in [-0.39, 0.29) is 27.3 Å². The lowest BCUT2D eigenvalue weighted by Crippen LogP contribution is -2.08. The molecule has 0 unspecified atom stereocenters. The maximum atomic E-state index is 12.0. The van der Waals surface area contributed by atoms with E-state index in [1.165, 1.54) is 6.20 Å². The quantitative estimate of drug-likeness (QED) is 0.169. The summed E-state index contributed by atoms with van der Waals surface area (Å²) in [5, 5.41) is 1.83. The van der Waals surface area contributed by atoms with Crippen LogP contribution in [0.5, 0.6) is 0 Å². The van der Waals surface area contributed by atoms with Crippen molar-refractivity contribution in [2.24, 2.45) is 0 Å². The Labute approximate surface area is 243 Å². The van der Waals surface area contributed by atoms with Crippen LogP contribution in [0.4, 0.5) is 13.2 Å². The van der Waals surface area contributed by atoms with Crippen LogP contribution in [-0.4, -0.2) is 15.0 Å². The normalized spacial score (nSPS) is 9.55. The number of aromatic nitrogens is 3. The Morgan fingerprint density at radius 3 is 1.39 bits per heavy atom. The van der Waals surface area contributed by atoms with Crippen molar-refractivity contribution < 1.29 is 13.2 Å². The summed E-state index contributed by atoms with van der Waals surface area (Å²) in [5.74, 6) is 0. The van der Waals surface area contributed by atoms with Gasteiger partial charge in [-0.3, -0.25) is 0 Å². The Bertz CT molecular complexity index is 963. The summed E-state index contributed by atoms with van der Waals surface area (Å²) in [6.45, 7) is 0. The van der Waals surface area contributed by atoms with Gasteiger partial charge in [-0.15, -0.1) is 0 Å². The van der Waals surface area contributed by atoms with E-state index in [1.807, 2.05) is 22.6 Å². The molecule has 3 heterocycles. The molecule has 0 atom stereocenters. The second-order valence-electron chi connectivity index (χ2n) is 4.83. The first-order valence-corrected chi connectivity index (χ1v) is 11.3. The number of rotatable bonds is 0. The van der Waals surface area contributed by atoms with Crippen LogP contribution in [0.1, 0.15) is 28.0 Å². The smallest absolute Gasteiger partial charge is 0.249 e. The van der Waals surface area contributed by atoms with Crippen LogP contribution in [0.2, 0.25) is 30.1 Å². The zero-order valence-corrected chi connectivity index (χ0v) is 22.2. The fourth-order valence-corrected chi connectivity index (χ4v) is 3.18. The second kappa shape index (κ2) is 17.6. The molecule has 0 aliphatic rings. The van der Waals surface area contributed by atoms with Crippen molar-refractivity contribution >= 4 is 108 Å². The van der Waals surface area contributed by atoms with E-state index in [1.54, 1.807) is 18.3 Å². The van der Waals surface area contributed by atoms with E-state index >= 15 is 0 Å². The molecular weight excluding hydrogens is 747 g/mol. The van der Waals surface area contributed by atoms with Crippen LogP contribution in [0, 0.1) is 3.70 Å². The van der Waals surface area contributed by atoms with E-state index < -0.39 is 16.9 Å². The van der Waals surface area contributed by atoms with Crippen molar-refractivity contribution in [1.29, 1.82) is 0 Å². The maximum Gasteiger partial charge on any atom is 0.434 e. The molecule has 0 aliphatic heterocycles. The van der Waals surface area contributed by atoms with E-state index in [9.17, 15) is 13.2 Å². The Morgan fingerprint density at radius 2 is 1.06 bits per heavy atom. The summed E-state index contributed by atoms with van der Waals surface area (Å²) < 4.78 is 37.4. The minimum absolute atomic E-state index is 0. The molecule has 0 aliphatic carbocycles. The first-order valence-electron chi connectivity index (χ1n) is 7.12. The third-order valence-corrected chi connectivity index (χ3v) is 6.13. The largest absolute Gasteiger partial charge is 0.434 e. The first-order chi connectivity index (χ1) is 13.8. The molecule has 0 saturated carbocycles. The minimum atomic E-state index is -4.53. The topological polar surface area (TPSA) is 38.7 Å². The van der Waals surface area contributed by atoms with E-state index in [0.29, 0.717) is 24.7 Å². The van der Waals surface area contributed by atoms with Gasteiger partial charge in [0.05, 0.1) is 30.1 Å². The molecule has 0 radical (unpaired) electrons. The minimum Gasteiger partial charge on any atom is -0.249 e. The van der Waals surface area contributed by atoms with Gasteiger partial charge in [0, 0.05) is 18.6 Å². The predicted octanol–water partition coefficient (Wildman–Crippen LogP) is 11.5. The lowest BCUT2D eigenvalue weighted by atomic mass is 10.3. The number of pyridine rings is 3. The van der Waals surface area contributed by atoms with Gasteiger partial charge in [0.15, 0.2) is 5.69 Å². The van der Waals surface area contributed by atoms with Gasteiger partial charge in [-0.2, -0.15) is 13.2 Å². The van der Waals surface area contributed by atoms with Crippen molar-refractivity contribution in [2.45, 2.75) is 28.5 Å². The predicted molar refractivity (Wildman–Crippen MR) is 148 cm³/mol. The van der Waals surface area contributed by atoms with Crippen LogP contribution in [0.25, 0.3) is 0 Å². The van der Waals surface area contributed by atoms with Gasteiger partial charge in [-0.1, -0.05) is 91.9 Å². The van der Waals surface area contributed by atoms with E-state index in [2.05, 4.69) is 30.9 Å². The average Bonchev–Trinajstić information content (AvgIpc) is 2.62. The van der Waals surface area contributed by atoms with Gasteiger partial charge in [0.1, 0.15) is 8.30 Å². The van der Waals surface area contributed by atoms with Crippen molar-refractivity contribution in [1.82, 2.24) is 15.0 Å². The second-order valence-corrected chi connectivity index (χ2v) is 9.14. The molecule has 14 heteroatoms. The van der Waals surface area contributed by atoms with Crippen molar-refractivity contribution in [3.05, 3.63) is 80.9 Å². The van der Waals surface area contributed by atoms with Gasteiger partial charge < -0.3 is 0 Å². The molecule has 0 spiro atoms. The SMILES string of the molecule is C.C.C.Clc1cnc(Br)c(Cl)c1.Clc1cnc(I)c(Cl)c1.FC(F)(F)c1ncc(Cl)cc1Cl. The molecule has 0 aromatic carbocycles. The van der Waals surface area contributed by atoms with Gasteiger partial charge in [0.2, 0.25) is 0 Å². The number of hydrogen-bond acceptors (Lipinski definition) is 3. The highest BCUT2D eigenvalue weighted by molar-refractivity contribution is 14.1. The molecule has 186 valence electrons. The molecule has 0 saturated heterocycles. The van der Waals surface area contributed by atoms with Crippen molar-refractivity contribution in [3.63, 3.8) is 0 Å². The number of nitrogens with zero attached hydrogens (tertiary/aromatic N) is 3. The number of alkyl halides is 3. The summed E-state index contributed by atoms with van der Waals surface area (Å²) in [5.41, 5.74) is -1.12. The molecule has 33 heavy (non-hydrogen) atoms. The molecule has 3 nitrogen and oxygen atoms in total. The van der Waals surface area contributed by atoms with Crippen molar-refractivity contribution in [2.75, 3.05) is 0 Å². The summed E-state index contributed by atoms with van der Waals surface area (Å²) in [4.78, 5) is 10.8. The van der Waals surface area contributed by atoms with Gasteiger partial charge >= 0.3 is 6.18 Å². The molecule has 3 aromatic heterocycles. The molecule has 0 bridgehead atoms. The number of hydrogen-bond donors (Lipinski definition) is 0. The van der Waals surface area contributed by atoms with Gasteiger partial charge in [-0.05, 0) is 56.7 Å². The zero-order chi connectivity index (χ0) is 23.1. The fourth-order valence-electron chi connectivity index (χ4n) is 1.42. The molecular formula is C19H18BrCl6F3IN3. The summed E-state index contributed by atoms with van der Waals surface area (Å²) in [6.07, 6.45) is -0.537. The van der Waals surface area contributed by atoms with E-state index in [0.717, 1.165) is 16.0 Å². The lowest BCUT2D eigenvalue weighted by molar-refractivity contribution is -0.141. The standard InChI is InChI=1S/C6H2Cl2F3N.C5H2BrCl2N.C5H2Cl2IN.3CH4/c7-3-1-4(8)5(12-2-3)6(9,10)11;6-5-4(8)1-3(7)2-9-5;6-3-1-4(7)5(8)9-2-3;;;/h1-2H;2*1-2H;3*1H4. The highest BCUT2D eigenvalue weighted by Gasteiger charge is 2.35. The highest BCUT2D eigenvalue weighted by Crippen LogP contribution is 2.33. The maximum absolute atomic E-state index is 12.0. The van der Waals surface area contributed by atoms with Gasteiger partial charge in [-0.25, -0.2) is 15.0 Å². The Kier molecular flexibility index (Phi) is 20.1.